The number of nitrogens with zero attached hydrogens (tertiary/aromatic N) is 1. The van der Waals surface area contributed by atoms with Crippen molar-refractivity contribution >= 4 is 33.7 Å². The van der Waals surface area contributed by atoms with E-state index in [-0.39, 0.29) is 22.5 Å². The van der Waals surface area contributed by atoms with Crippen LogP contribution < -0.4 is 0 Å². The van der Waals surface area contributed by atoms with Gasteiger partial charge >= 0.3 is 0 Å². The lowest BCUT2D eigenvalue weighted by Gasteiger charge is -2.05. The second kappa shape index (κ2) is 7.40. The normalized spacial score (nSPS) is 10.7. The van der Waals surface area contributed by atoms with Crippen molar-refractivity contribution < 1.29 is 18.4 Å². The highest BCUT2D eigenvalue weighted by atomic mass is 79.9. The Morgan fingerprint density at radius 3 is 2.04 bits per heavy atom. The summed E-state index contributed by atoms with van der Waals surface area (Å²) in [5, 5.41) is 0. The van der Waals surface area contributed by atoms with Gasteiger partial charge in [0.25, 0.3) is 0 Å². The predicted octanol–water partition coefficient (Wildman–Crippen LogP) is 5.40. The minimum Gasteiger partial charge on any atom is -0.315 e. The lowest BCUT2D eigenvalue weighted by molar-refractivity contribution is 0.102. The number of halogens is 3. The second-order valence-corrected chi connectivity index (χ2v) is 6.76. The van der Waals surface area contributed by atoms with Crippen LogP contribution in [0.4, 0.5) is 8.78 Å². The van der Waals surface area contributed by atoms with Crippen LogP contribution in [-0.2, 0) is 0 Å². The van der Waals surface area contributed by atoms with Crippen LogP contribution in [0.25, 0.3) is 6.20 Å². The molecule has 0 bridgehead atoms. The van der Waals surface area contributed by atoms with Crippen molar-refractivity contribution in [2.24, 2.45) is 0 Å². The largest absolute Gasteiger partial charge is 0.315 e. The van der Waals surface area contributed by atoms with Crippen LogP contribution >= 0.6 is 15.9 Å². The molecule has 136 valence electrons. The van der Waals surface area contributed by atoms with Gasteiger partial charge in [-0.3, -0.25) is 9.59 Å². The Kier molecular flexibility index (Phi) is 5.19. The van der Waals surface area contributed by atoms with Crippen molar-refractivity contribution in [3.05, 3.63) is 99.3 Å². The minimum absolute atomic E-state index is 0.110. The number of benzene rings is 2. The third-order valence-electron chi connectivity index (χ3n) is 4.23. The lowest BCUT2D eigenvalue weighted by atomic mass is 10.0. The van der Waals surface area contributed by atoms with Crippen molar-refractivity contribution in [1.29, 1.82) is 0 Å². The molecule has 1 heterocycles. The van der Waals surface area contributed by atoms with E-state index in [4.69, 9.17) is 0 Å². The van der Waals surface area contributed by atoms with E-state index in [9.17, 15) is 14.0 Å². The first-order valence-corrected chi connectivity index (χ1v) is 8.77. The molecular formula is C21H14BrF2NO2. The number of ketones is 2. The van der Waals surface area contributed by atoms with E-state index >= 15 is 4.39 Å². The Bertz CT molecular complexity index is 1050. The molecule has 3 nitrogen and oxygen atoms in total. The monoisotopic (exact) mass is 429 g/mol. The molecule has 2 aromatic carbocycles. The summed E-state index contributed by atoms with van der Waals surface area (Å²) in [7, 11) is 0. The van der Waals surface area contributed by atoms with Crippen molar-refractivity contribution in [2.45, 2.75) is 6.92 Å². The number of hydrogen-bond donors (Lipinski definition) is 0. The third kappa shape index (κ3) is 3.40. The predicted molar refractivity (Wildman–Crippen MR) is 103 cm³/mol. The van der Waals surface area contributed by atoms with Gasteiger partial charge in [0.05, 0.1) is 5.56 Å². The van der Waals surface area contributed by atoms with E-state index in [1.54, 1.807) is 24.3 Å². The van der Waals surface area contributed by atoms with Gasteiger partial charge in [-0.25, -0.2) is 8.78 Å². The molecule has 0 aliphatic rings. The first kappa shape index (κ1) is 18.9. The zero-order chi connectivity index (χ0) is 19.7. The highest BCUT2D eigenvalue weighted by molar-refractivity contribution is 9.10. The molecule has 0 amide bonds. The molecule has 0 aliphatic carbocycles. The van der Waals surface area contributed by atoms with E-state index in [2.05, 4.69) is 22.5 Å². The SMILES string of the molecule is C=Cn1c(C)c(C(=O)c2ccc(Br)cc2)c(F)c1C(=O)c1ccc(F)cc1. The van der Waals surface area contributed by atoms with E-state index < -0.39 is 23.2 Å². The molecule has 0 radical (unpaired) electrons. The summed E-state index contributed by atoms with van der Waals surface area (Å²) >= 11 is 3.28. The van der Waals surface area contributed by atoms with Gasteiger partial charge in [0.1, 0.15) is 11.5 Å². The summed E-state index contributed by atoms with van der Waals surface area (Å²) < 4.78 is 30.3. The standard InChI is InChI=1S/C21H14BrF2NO2/c1-3-25-12(2)17(20(26)13-4-8-15(22)9-5-13)18(24)19(25)21(27)14-6-10-16(23)11-7-14/h3-11H,1H2,2H3. The molecule has 3 rings (SSSR count). The van der Waals surface area contributed by atoms with E-state index in [1.165, 1.54) is 29.8 Å². The van der Waals surface area contributed by atoms with E-state index in [1.807, 2.05) is 0 Å². The van der Waals surface area contributed by atoms with Crippen LogP contribution in [0.1, 0.15) is 37.7 Å². The molecule has 6 heteroatoms. The van der Waals surface area contributed by atoms with E-state index in [0.717, 1.165) is 16.6 Å². The van der Waals surface area contributed by atoms with E-state index in [0.29, 0.717) is 5.56 Å². The maximum Gasteiger partial charge on any atom is 0.212 e. The van der Waals surface area contributed by atoms with Gasteiger partial charge in [-0.2, -0.15) is 0 Å². The molecule has 0 N–H and O–H groups in total. The number of hydrogen-bond acceptors (Lipinski definition) is 2. The number of rotatable bonds is 5. The molecule has 27 heavy (non-hydrogen) atoms. The van der Waals surface area contributed by atoms with Crippen molar-refractivity contribution in [1.82, 2.24) is 4.57 Å². The van der Waals surface area contributed by atoms with Gasteiger partial charge in [0.2, 0.25) is 5.78 Å². The highest BCUT2D eigenvalue weighted by Gasteiger charge is 2.29. The summed E-state index contributed by atoms with van der Waals surface area (Å²) in [6.07, 6.45) is 1.27. The number of carbonyl (C=O) groups is 2. The lowest BCUT2D eigenvalue weighted by Crippen LogP contribution is -2.09. The Balaban J connectivity index is 2.14. The van der Waals surface area contributed by atoms with Crippen LogP contribution in [0.3, 0.4) is 0 Å². The van der Waals surface area contributed by atoms with Gasteiger partial charge < -0.3 is 4.57 Å². The number of carbonyl (C=O) groups excluding carboxylic acids is 2. The highest BCUT2D eigenvalue weighted by Crippen LogP contribution is 2.27. The van der Waals surface area contributed by atoms with Crippen LogP contribution in [-0.4, -0.2) is 16.1 Å². The van der Waals surface area contributed by atoms with Gasteiger partial charge in [-0.15, -0.1) is 0 Å². The molecular weight excluding hydrogens is 416 g/mol. The van der Waals surface area contributed by atoms with Crippen molar-refractivity contribution in [3.8, 4) is 0 Å². The fourth-order valence-electron chi connectivity index (χ4n) is 2.86. The van der Waals surface area contributed by atoms with Gasteiger partial charge in [0, 0.05) is 27.5 Å². The molecule has 0 fully saturated rings. The summed E-state index contributed by atoms with van der Waals surface area (Å²) in [6, 6.07) is 11.3. The summed E-state index contributed by atoms with van der Waals surface area (Å²) in [6.45, 7) is 5.15. The summed E-state index contributed by atoms with van der Waals surface area (Å²) in [4.78, 5) is 25.6. The summed E-state index contributed by atoms with van der Waals surface area (Å²) in [5.41, 5.74) is 0.166. The molecule has 0 saturated carbocycles. The van der Waals surface area contributed by atoms with Crippen LogP contribution in [0.15, 0.2) is 59.6 Å². The minimum atomic E-state index is -0.922. The zero-order valence-electron chi connectivity index (χ0n) is 14.3. The Morgan fingerprint density at radius 1 is 0.963 bits per heavy atom. The first-order valence-electron chi connectivity index (χ1n) is 7.98. The molecule has 1 aromatic heterocycles. The molecule has 0 saturated heterocycles. The average molecular weight is 430 g/mol. The van der Waals surface area contributed by atoms with Crippen molar-refractivity contribution in [2.75, 3.05) is 0 Å². The zero-order valence-corrected chi connectivity index (χ0v) is 15.9. The maximum absolute atomic E-state index is 15.2. The second-order valence-electron chi connectivity index (χ2n) is 5.85. The smallest absolute Gasteiger partial charge is 0.212 e. The Morgan fingerprint density at radius 2 is 1.48 bits per heavy atom. The number of aromatic nitrogens is 1. The molecule has 0 aliphatic heterocycles. The first-order chi connectivity index (χ1) is 12.8. The fraction of sp³-hybridized carbons (Fsp3) is 0.0476. The van der Waals surface area contributed by atoms with Crippen molar-refractivity contribution in [3.63, 3.8) is 0 Å². The van der Waals surface area contributed by atoms with Gasteiger partial charge in [-0.05, 0) is 55.5 Å². The Hall–Kier alpha value is -2.86. The third-order valence-corrected chi connectivity index (χ3v) is 4.76. The molecule has 0 atom stereocenters. The quantitative estimate of drug-likeness (QED) is 0.509. The fourth-order valence-corrected chi connectivity index (χ4v) is 3.12. The van der Waals surface area contributed by atoms with Gasteiger partial charge in [-0.1, -0.05) is 22.5 Å². The maximum atomic E-state index is 15.2. The Labute approximate surface area is 163 Å². The molecule has 0 spiro atoms. The average Bonchev–Trinajstić information content (AvgIpc) is 2.91. The topological polar surface area (TPSA) is 39.1 Å². The van der Waals surface area contributed by atoms with Crippen LogP contribution in [0, 0.1) is 18.6 Å². The molecule has 3 aromatic rings. The summed E-state index contributed by atoms with van der Waals surface area (Å²) in [5.74, 6) is -2.63. The van der Waals surface area contributed by atoms with Crippen LogP contribution in [0.2, 0.25) is 0 Å². The van der Waals surface area contributed by atoms with Gasteiger partial charge in [0.15, 0.2) is 11.6 Å². The van der Waals surface area contributed by atoms with Crippen LogP contribution in [0.5, 0.6) is 0 Å². The molecule has 0 unspecified atom stereocenters.